The van der Waals surface area contributed by atoms with Crippen LogP contribution in [0, 0.1) is 0 Å². The molecule has 0 aliphatic carbocycles. The normalized spacial score (nSPS) is 25.8. The molecule has 1 aliphatic rings. The fraction of sp³-hybridized carbons (Fsp3) is 0.700. The van der Waals surface area contributed by atoms with E-state index >= 15 is 0 Å². The van der Waals surface area contributed by atoms with Gasteiger partial charge in [0.25, 0.3) is 0 Å². The van der Waals surface area contributed by atoms with Gasteiger partial charge in [0, 0.05) is 24.4 Å². The number of nitrogens with two attached hydrogens (primary N) is 1. The first-order valence-electron chi connectivity index (χ1n) is 5.47. The molecule has 0 amide bonds. The van der Waals surface area contributed by atoms with Gasteiger partial charge in [-0.2, -0.15) is 5.10 Å². The summed E-state index contributed by atoms with van der Waals surface area (Å²) < 4.78 is 24.7. The second kappa shape index (κ2) is 4.18. The zero-order valence-electron chi connectivity index (χ0n) is 9.33. The third kappa shape index (κ3) is 2.12. The van der Waals surface area contributed by atoms with Gasteiger partial charge in [0.2, 0.25) is 0 Å². The number of hydrogen-bond donors (Lipinski definition) is 1. The van der Waals surface area contributed by atoms with Crippen LogP contribution >= 0.6 is 0 Å². The monoisotopic (exact) mass is 243 g/mol. The molecular formula is C10H17N3O2S. The summed E-state index contributed by atoms with van der Waals surface area (Å²) >= 11 is 0. The molecule has 16 heavy (non-hydrogen) atoms. The fourth-order valence-corrected chi connectivity index (χ4v) is 3.80. The molecule has 0 bridgehead atoms. The van der Waals surface area contributed by atoms with E-state index in [0.29, 0.717) is 13.0 Å². The lowest BCUT2D eigenvalue weighted by Gasteiger charge is -2.16. The first-order valence-corrected chi connectivity index (χ1v) is 7.29. The van der Waals surface area contributed by atoms with E-state index in [1.54, 1.807) is 6.20 Å². The average Bonchev–Trinajstić information content (AvgIpc) is 2.82. The van der Waals surface area contributed by atoms with Crippen LogP contribution in [0.25, 0.3) is 0 Å². The van der Waals surface area contributed by atoms with Crippen molar-refractivity contribution in [3.8, 4) is 0 Å². The van der Waals surface area contributed by atoms with Gasteiger partial charge in [-0.3, -0.25) is 4.68 Å². The van der Waals surface area contributed by atoms with Crippen LogP contribution in [0.1, 0.15) is 31.0 Å². The van der Waals surface area contributed by atoms with Crippen LogP contribution < -0.4 is 5.73 Å². The quantitative estimate of drug-likeness (QED) is 0.828. The number of sulfone groups is 1. The Kier molecular flexibility index (Phi) is 3.03. The Hall–Kier alpha value is -0.880. The van der Waals surface area contributed by atoms with Crippen LogP contribution in [0.3, 0.4) is 0 Å². The molecule has 2 N–H and O–H groups in total. The summed E-state index contributed by atoms with van der Waals surface area (Å²) in [6.45, 7) is 2.57. The molecule has 1 saturated heterocycles. The van der Waals surface area contributed by atoms with Crippen molar-refractivity contribution >= 4 is 9.84 Å². The summed E-state index contributed by atoms with van der Waals surface area (Å²) in [6.07, 6.45) is 2.38. The molecule has 6 heteroatoms. The largest absolute Gasteiger partial charge is 0.330 e. The molecule has 90 valence electrons. The molecular weight excluding hydrogens is 226 g/mol. The van der Waals surface area contributed by atoms with Crippen LogP contribution in [0.4, 0.5) is 0 Å². The van der Waals surface area contributed by atoms with E-state index in [1.165, 1.54) is 0 Å². The predicted molar refractivity (Wildman–Crippen MR) is 62.0 cm³/mol. The van der Waals surface area contributed by atoms with Gasteiger partial charge in [-0.15, -0.1) is 0 Å². The standard InChI is InChI=1S/C10H17N3O2S/c1-8(6-11)10-2-4-12-13(10)9-3-5-16(14,15)7-9/h2,4,8-9H,3,5-7,11H2,1H3. The summed E-state index contributed by atoms with van der Waals surface area (Å²) in [4.78, 5) is 0. The average molecular weight is 243 g/mol. The lowest BCUT2D eigenvalue weighted by molar-refractivity contribution is 0.467. The summed E-state index contributed by atoms with van der Waals surface area (Å²) in [7, 11) is -2.86. The Morgan fingerprint density at radius 3 is 3.00 bits per heavy atom. The molecule has 1 aromatic heterocycles. The number of aromatic nitrogens is 2. The second-order valence-electron chi connectivity index (χ2n) is 4.39. The molecule has 2 unspecified atom stereocenters. The summed E-state index contributed by atoms with van der Waals surface area (Å²) in [5.41, 5.74) is 6.66. The Morgan fingerprint density at radius 1 is 1.69 bits per heavy atom. The SMILES string of the molecule is CC(CN)c1ccnn1C1CCS(=O)(=O)C1. The van der Waals surface area contributed by atoms with Gasteiger partial charge in [0.05, 0.1) is 17.5 Å². The number of nitrogens with zero attached hydrogens (tertiary/aromatic N) is 2. The van der Waals surface area contributed by atoms with E-state index in [2.05, 4.69) is 5.10 Å². The first kappa shape index (κ1) is 11.6. The van der Waals surface area contributed by atoms with Gasteiger partial charge in [-0.1, -0.05) is 6.92 Å². The van der Waals surface area contributed by atoms with Gasteiger partial charge in [-0.25, -0.2) is 8.42 Å². The predicted octanol–water partition coefficient (Wildman–Crippen LogP) is 0.305. The van der Waals surface area contributed by atoms with Crippen LogP contribution in [0.15, 0.2) is 12.3 Å². The van der Waals surface area contributed by atoms with Crippen molar-refractivity contribution in [2.45, 2.75) is 25.3 Å². The Balaban J connectivity index is 2.25. The molecule has 0 saturated carbocycles. The summed E-state index contributed by atoms with van der Waals surface area (Å²) in [6, 6.07) is 1.91. The van der Waals surface area contributed by atoms with Gasteiger partial charge >= 0.3 is 0 Å². The van der Waals surface area contributed by atoms with E-state index in [4.69, 9.17) is 5.73 Å². The van der Waals surface area contributed by atoms with Crippen molar-refractivity contribution in [1.82, 2.24) is 9.78 Å². The van der Waals surface area contributed by atoms with E-state index in [-0.39, 0.29) is 23.5 Å². The molecule has 2 rings (SSSR count). The lowest BCUT2D eigenvalue weighted by Crippen LogP contribution is -2.19. The molecule has 1 aromatic rings. The number of rotatable bonds is 3. The fourth-order valence-electron chi connectivity index (χ4n) is 2.11. The Morgan fingerprint density at radius 2 is 2.44 bits per heavy atom. The van der Waals surface area contributed by atoms with Crippen molar-refractivity contribution < 1.29 is 8.42 Å². The van der Waals surface area contributed by atoms with E-state index in [0.717, 1.165) is 5.69 Å². The Bertz CT molecular complexity index is 466. The highest BCUT2D eigenvalue weighted by Gasteiger charge is 2.31. The molecule has 0 aromatic carbocycles. The van der Waals surface area contributed by atoms with Crippen LogP contribution in [0.2, 0.25) is 0 Å². The molecule has 2 heterocycles. The molecule has 5 nitrogen and oxygen atoms in total. The van der Waals surface area contributed by atoms with Gasteiger partial charge in [0.15, 0.2) is 9.84 Å². The topological polar surface area (TPSA) is 78.0 Å². The van der Waals surface area contributed by atoms with Gasteiger partial charge in [0.1, 0.15) is 0 Å². The summed E-state index contributed by atoms with van der Waals surface area (Å²) in [5, 5.41) is 4.23. The minimum Gasteiger partial charge on any atom is -0.330 e. The smallest absolute Gasteiger partial charge is 0.152 e. The van der Waals surface area contributed by atoms with Crippen molar-refractivity contribution in [2.75, 3.05) is 18.1 Å². The minimum absolute atomic E-state index is 0.0102. The Labute approximate surface area is 95.6 Å². The molecule has 2 atom stereocenters. The third-order valence-corrected chi connectivity index (χ3v) is 4.86. The third-order valence-electron chi connectivity index (χ3n) is 3.11. The zero-order valence-corrected chi connectivity index (χ0v) is 10.2. The van der Waals surface area contributed by atoms with E-state index in [1.807, 2.05) is 17.7 Å². The van der Waals surface area contributed by atoms with Crippen molar-refractivity contribution in [2.24, 2.45) is 5.73 Å². The second-order valence-corrected chi connectivity index (χ2v) is 6.62. The molecule has 0 spiro atoms. The summed E-state index contributed by atoms with van der Waals surface area (Å²) in [5.74, 6) is 0.693. The molecule has 0 radical (unpaired) electrons. The van der Waals surface area contributed by atoms with Crippen LogP contribution in [0.5, 0.6) is 0 Å². The maximum atomic E-state index is 11.4. The van der Waals surface area contributed by atoms with E-state index in [9.17, 15) is 8.42 Å². The zero-order chi connectivity index (χ0) is 11.8. The lowest BCUT2D eigenvalue weighted by atomic mass is 10.1. The molecule has 1 aliphatic heterocycles. The molecule has 1 fully saturated rings. The van der Waals surface area contributed by atoms with Crippen molar-refractivity contribution in [3.05, 3.63) is 18.0 Å². The maximum absolute atomic E-state index is 11.4. The van der Waals surface area contributed by atoms with Crippen molar-refractivity contribution in [1.29, 1.82) is 0 Å². The minimum atomic E-state index is -2.86. The number of hydrogen-bond acceptors (Lipinski definition) is 4. The van der Waals surface area contributed by atoms with Crippen molar-refractivity contribution in [3.63, 3.8) is 0 Å². The highest BCUT2D eigenvalue weighted by atomic mass is 32.2. The highest BCUT2D eigenvalue weighted by molar-refractivity contribution is 7.91. The first-order chi connectivity index (χ1) is 7.53. The van der Waals surface area contributed by atoms with Gasteiger partial charge < -0.3 is 5.73 Å². The van der Waals surface area contributed by atoms with Crippen LogP contribution in [-0.2, 0) is 9.84 Å². The highest BCUT2D eigenvalue weighted by Crippen LogP contribution is 2.26. The van der Waals surface area contributed by atoms with Crippen LogP contribution in [-0.4, -0.2) is 36.2 Å². The maximum Gasteiger partial charge on any atom is 0.152 e. The van der Waals surface area contributed by atoms with E-state index < -0.39 is 9.84 Å². The van der Waals surface area contributed by atoms with Gasteiger partial charge in [-0.05, 0) is 12.5 Å².